The number of nitrogens with zero attached hydrogens (tertiary/aromatic N) is 2. The van der Waals surface area contributed by atoms with Crippen molar-refractivity contribution >= 4 is 21.6 Å². The van der Waals surface area contributed by atoms with Crippen LogP contribution in [-0.4, -0.2) is 9.97 Å². The Morgan fingerprint density at radius 3 is 2.76 bits per heavy atom. The smallest absolute Gasteiger partial charge is 0.141 e. The summed E-state index contributed by atoms with van der Waals surface area (Å²) in [5.41, 5.74) is 1.66. The SMILES string of the molecule is CC(Nc1cccnc1Br)c1ccc(F)cn1. The summed E-state index contributed by atoms with van der Waals surface area (Å²) in [4.78, 5) is 8.14. The predicted molar refractivity (Wildman–Crippen MR) is 68.2 cm³/mol. The largest absolute Gasteiger partial charge is 0.375 e. The first kappa shape index (κ1) is 12.0. The Labute approximate surface area is 107 Å². The van der Waals surface area contributed by atoms with E-state index in [-0.39, 0.29) is 11.9 Å². The minimum Gasteiger partial charge on any atom is -0.375 e. The van der Waals surface area contributed by atoms with E-state index in [1.165, 1.54) is 12.3 Å². The van der Waals surface area contributed by atoms with Crippen molar-refractivity contribution in [3.63, 3.8) is 0 Å². The topological polar surface area (TPSA) is 37.8 Å². The molecule has 17 heavy (non-hydrogen) atoms. The number of nitrogens with one attached hydrogen (secondary N) is 1. The molecular weight excluding hydrogens is 285 g/mol. The highest BCUT2D eigenvalue weighted by Crippen LogP contribution is 2.23. The number of anilines is 1. The molecule has 2 aromatic heterocycles. The van der Waals surface area contributed by atoms with E-state index in [2.05, 4.69) is 31.2 Å². The molecule has 0 spiro atoms. The molecule has 3 nitrogen and oxygen atoms in total. The first-order valence-electron chi connectivity index (χ1n) is 5.15. The van der Waals surface area contributed by atoms with Crippen LogP contribution in [0.1, 0.15) is 18.7 Å². The zero-order chi connectivity index (χ0) is 12.3. The van der Waals surface area contributed by atoms with Gasteiger partial charge < -0.3 is 5.32 Å². The van der Waals surface area contributed by atoms with E-state index in [1.807, 2.05) is 19.1 Å². The van der Waals surface area contributed by atoms with Gasteiger partial charge in [-0.2, -0.15) is 0 Å². The van der Waals surface area contributed by atoms with E-state index in [9.17, 15) is 4.39 Å². The lowest BCUT2D eigenvalue weighted by Crippen LogP contribution is -2.09. The summed E-state index contributed by atoms with van der Waals surface area (Å²) in [7, 11) is 0. The van der Waals surface area contributed by atoms with Gasteiger partial charge >= 0.3 is 0 Å². The lowest BCUT2D eigenvalue weighted by molar-refractivity contribution is 0.617. The molecule has 5 heteroatoms. The number of rotatable bonds is 3. The molecule has 1 N–H and O–H groups in total. The van der Waals surface area contributed by atoms with Crippen LogP contribution in [0.15, 0.2) is 41.3 Å². The quantitative estimate of drug-likeness (QED) is 0.880. The summed E-state index contributed by atoms with van der Waals surface area (Å²) in [6, 6.07) is 6.81. The Balaban J connectivity index is 2.14. The first-order chi connectivity index (χ1) is 8.16. The van der Waals surface area contributed by atoms with E-state index >= 15 is 0 Å². The molecule has 88 valence electrons. The van der Waals surface area contributed by atoms with Crippen molar-refractivity contribution < 1.29 is 4.39 Å². The molecule has 1 unspecified atom stereocenters. The minimum atomic E-state index is -0.330. The average Bonchev–Trinajstić information content (AvgIpc) is 2.33. The number of halogens is 2. The normalized spacial score (nSPS) is 12.2. The molecule has 0 saturated carbocycles. The molecule has 2 aromatic rings. The van der Waals surface area contributed by atoms with Gasteiger partial charge in [0.25, 0.3) is 0 Å². The predicted octanol–water partition coefficient (Wildman–Crippen LogP) is 3.55. The van der Waals surface area contributed by atoms with Crippen LogP contribution < -0.4 is 5.32 Å². The number of hydrogen-bond donors (Lipinski definition) is 1. The molecule has 0 bridgehead atoms. The molecule has 0 fully saturated rings. The van der Waals surface area contributed by atoms with Gasteiger partial charge in [-0.15, -0.1) is 0 Å². The molecule has 0 aliphatic heterocycles. The Morgan fingerprint density at radius 2 is 2.12 bits per heavy atom. The molecule has 0 amide bonds. The molecule has 0 aliphatic rings. The Kier molecular flexibility index (Phi) is 3.68. The van der Waals surface area contributed by atoms with Crippen LogP contribution in [0, 0.1) is 5.82 Å². The fourth-order valence-corrected chi connectivity index (χ4v) is 1.81. The van der Waals surface area contributed by atoms with Crippen LogP contribution in [0.5, 0.6) is 0 Å². The zero-order valence-corrected chi connectivity index (χ0v) is 10.8. The van der Waals surface area contributed by atoms with Gasteiger partial charge in [-0.3, -0.25) is 4.98 Å². The van der Waals surface area contributed by atoms with Crippen LogP contribution in [-0.2, 0) is 0 Å². The lowest BCUT2D eigenvalue weighted by Gasteiger charge is -2.15. The van der Waals surface area contributed by atoms with E-state index < -0.39 is 0 Å². The van der Waals surface area contributed by atoms with Crippen LogP contribution in [0.4, 0.5) is 10.1 Å². The lowest BCUT2D eigenvalue weighted by atomic mass is 10.2. The van der Waals surface area contributed by atoms with Crippen molar-refractivity contribution in [2.45, 2.75) is 13.0 Å². The van der Waals surface area contributed by atoms with E-state index in [4.69, 9.17) is 0 Å². The molecule has 2 heterocycles. The van der Waals surface area contributed by atoms with Crippen molar-refractivity contribution in [1.82, 2.24) is 9.97 Å². The van der Waals surface area contributed by atoms with Crippen molar-refractivity contribution in [2.75, 3.05) is 5.32 Å². The Morgan fingerprint density at radius 1 is 1.29 bits per heavy atom. The molecule has 0 aromatic carbocycles. The van der Waals surface area contributed by atoms with Gasteiger partial charge in [0, 0.05) is 6.20 Å². The maximum absolute atomic E-state index is 12.7. The van der Waals surface area contributed by atoms with Gasteiger partial charge in [0.05, 0.1) is 23.6 Å². The summed E-state index contributed by atoms with van der Waals surface area (Å²) >= 11 is 3.35. The van der Waals surface area contributed by atoms with E-state index in [0.717, 1.165) is 16.0 Å². The second-order valence-corrected chi connectivity index (χ2v) is 4.36. The zero-order valence-electron chi connectivity index (χ0n) is 9.19. The second-order valence-electron chi connectivity index (χ2n) is 3.61. The van der Waals surface area contributed by atoms with E-state index in [0.29, 0.717) is 0 Å². The summed E-state index contributed by atoms with van der Waals surface area (Å²) in [6.45, 7) is 1.96. The molecule has 0 saturated heterocycles. The highest BCUT2D eigenvalue weighted by Gasteiger charge is 2.08. The van der Waals surface area contributed by atoms with Crippen molar-refractivity contribution in [3.05, 3.63) is 52.8 Å². The average molecular weight is 296 g/mol. The number of hydrogen-bond acceptors (Lipinski definition) is 3. The molecule has 1 atom stereocenters. The standard InChI is InChI=1S/C12H11BrFN3/c1-8(10-5-4-9(14)7-16-10)17-11-3-2-6-15-12(11)13/h2-8,17H,1H3. The minimum absolute atomic E-state index is 0.0175. The van der Waals surface area contributed by atoms with E-state index in [1.54, 1.807) is 12.3 Å². The molecule has 2 rings (SSSR count). The summed E-state index contributed by atoms with van der Waals surface area (Å²) in [5.74, 6) is -0.330. The molecular formula is C12H11BrFN3. The van der Waals surface area contributed by atoms with Gasteiger partial charge in [0.2, 0.25) is 0 Å². The van der Waals surface area contributed by atoms with Gasteiger partial charge in [-0.25, -0.2) is 9.37 Å². The van der Waals surface area contributed by atoms with Crippen molar-refractivity contribution in [1.29, 1.82) is 0 Å². The van der Waals surface area contributed by atoms with Gasteiger partial charge in [-0.05, 0) is 47.1 Å². The van der Waals surface area contributed by atoms with Crippen LogP contribution >= 0.6 is 15.9 Å². The second kappa shape index (κ2) is 5.23. The molecule has 0 radical (unpaired) electrons. The molecule has 0 aliphatic carbocycles. The Bertz CT molecular complexity index is 501. The summed E-state index contributed by atoms with van der Waals surface area (Å²) in [5, 5.41) is 3.25. The number of pyridine rings is 2. The Hall–Kier alpha value is -1.49. The fourth-order valence-electron chi connectivity index (χ4n) is 1.44. The van der Waals surface area contributed by atoms with Crippen LogP contribution in [0.3, 0.4) is 0 Å². The van der Waals surface area contributed by atoms with Crippen LogP contribution in [0.2, 0.25) is 0 Å². The summed E-state index contributed by atoms with van der Waals surface area (Å²) < 4.78 is 13.5. The summed E-state index contributed by atoms with van der Waals surface area (Å²) in [6.07, 6.45) is 2.92. The highest BCUT2D eigenvalue weighted by atomic mass is 79.9. The maximum Gasteiger partial charge on any atom is 0.141 e. The first-order valence-corrected chi connectivity index (χ1v) is 5.94. The monoisotopic (exact) mass is 295 g/mol. The fraction of sp³-hybridized carbons (Fsp3) is 0.167. The number of aromatic nitrogens is 2. The highest BCUT2D eigenvalue weighted by molar-refractivity contribution is 9.10. The third-order valence-corrected chi connectivity index (χ3v) is 2.96. The third kappa shape index (κ3) is 3.00. The van der Waals surface area contributed by atoms with Crippen LogP contribution in [0.25, 0.3) is 0 Å². The third-order valence-electron chi connectivity index (χ3n) is 2.33. The maximum atomic E-state index is 12.7. The van der Waals surface area contributed by atoms with Gasteiger partial charge in [0.15, 0.2) is 0 Å². The van der Waals surface area contributed by atoms with Gasteiger partial charge in [0.1, 0.15) is 10.4 Å². The van der Waals surface area contributed by atoms with Crippen molar-refractivity contribution in [2.24, 2.45) is 0 Å². The van der Waals surface area contributed by atoms with Gasteiger partial charge in [-0.1, -0.05) is 0 Å². The van der Waals surface area contributed by atoms with Crippen molar-refractivity contribution in [3.8, 4) is 0 Å².